The Balaban J connectivity index is 2.13. The molecular weight excluding hydrogens is 170 g/mol. The first-order valence-corrected chi connectivity index (χ1v) is 4.31. The first-order chi connectivity index (χ1) is 6.18. The standard InChI is InChI=1S/C8H13N3O2/c1-11-4-10-6-3-9-5(8(12)13)2-7(6)11/h5,9-10H,2-4H2,1H3,(H,12,13)/t5-/m1/s1. The van der Waals surface area contributed by atoms with Crippen molar-refractivity contribution < 1.29 is 9.90 Å². The van der Waals surface area contributed by atoms with Crippen molar-refractivity contribution in [2.75, 3.05) is 20.3 Å². The highest BCUT2D eigenvalue weighted by Gasteiger charge is 2.30. The van der Waals surface area contributed by atoms with Crippen LogP contribution in [0.1, 0.15) is 6.42 Å². The van der Waals surface area contributed by atoms with E-state index in [-0.39, 0.29) is 0 Å². The summed E-state index contributed by atoms with van der Waals surface area (Å²) in [5.41, 5.74) is 2.27. The van der Waals surface area contributed by atoms with Gasteiger partial charge in [0.1, 0.15) is 6.04 Å². The Morgan fingerprint density at radius 3 is 3.15 bits per heavy atom. The molecule has 0 aromatic carbocycles. The molecular formula is C8H13N3O2. The lowest BCUT2D eigenvalue weighted by atomic mass is 10.1. The van der Waals surface area contributed by atoms with E-state index in [2.05, 4.69) is 15.5 Å². The molecule has 0 unspecified atom stereocenters. The number of nitrogens with one attached hydrogen (secondary N) is 2. The van der Waals surface area contributed by atoms with Crippen molar-refractivity contribution in [2.24, 2.45) is 0 Å². The van der Waals surface area contributed by atoms with Gasteiger partial charge in [-0.15, -0.1) is 0 Å². The normalized spacial score (nSPS) is 27.2. The number of aliphatic carboxylic acids is 1. The molecule has 0 radical (unpaired) electrons. The molecule has 5 nitrogen and oxygen atoms in total. The number of nitrogens with zero attached hydrogens (tertiary/aromatic N) is 1. The van der Waals surface area contributed by atoms with Crippen molar-refractivity contribution in [3.05, 3.63) is 11.4 Å². The summed E-state index contributed by atoms with van der Waals surface area (Å²) in [5, 5.41) is 15.0. The van der Waals surface area contributed by atoms with E-state index in [0.29, 0.717) is 13.0 Å². The van der Waals surface area contributed by atoms with E-state index in [1.807, 2.05) is 7.05 Å². The highest BCUT2D eigenvalue weighted by Crippen LogP contribution is 2.21. The van der Waals surface area contributed by atoms with Crippen molar-refractivity contribution in [2.45, 2.75) is 12.5 Å². The second-order valence-electron chi connectivity index (χ2n) is 3.43. The molecule has 2 rings (SSSR count). The Kier molecular flexibility index (Phi) is 1.88. The number of hydrogen-bond donors (Lipinski definition) is 3. The zero-order valence-electron chi connectivity index (χ0n) is 7.50. The van der Waals surface area contributed by atoms with Crippen LogP contribution in [0.5, 0.6) is 0 Å². The van der Waals surface area contributed by atoms with E-state index in [1.165, 1.54) is 0 Å². The van der Waals surface area contributed by atoms with Crippen LogP contribution in [-0.2, 0) is 4.79 Å². The molecule has 1 atom stereocenters. The third-order valence-electron chi connectivity index (χ3n) is 2.56. The maximum absolute atomic E-state index is 10.7. The quantitative estimate of drug-likeness (QED) is 0.493. The lowest BCUT2D eigenvalue weighted by Gasteiger charge is -2.24. The predicted molar refractivity (Wildman–Crippen MR) is 46.8 cm³/mol. The lowest BCUT2D eigenvalue weighted by Crippen LogP contribution is -2.42. The van der Waals surface area contributed by atoms with Gasteiger partial charge >= 0.3 is 5.97 Å². The summed E-state index contributed by atoms with van der Waals surface area (Å²) >= 11 is 0. The molecule has 5 heteroatoms. The minimum absolute atomic E-state index is 0.430. The fourth-order valence-corrected chi connectivity index (χ4v) is 1.75. The monoisotopic (exact) mass is 183 g/mol. The Morgan fingerprint density at radius 1 is 1.69 bits per heavy atom. The Hall–Kier alpha value is -1.23. The second kappa shape index (κ2) is 2.92. The molecule has 0 saturated carbocycles. The van der Waals surface area contributed by atoms with Gasteiger partial charge < -0.3 is 15.3 Å². The van der Waals surface area contributed by atoms with Crippen molar-refractivity contribution in [3.63, 3.8) is 0 Å². The number of rotatable bonds is 1. The summed E-state index contributed by atoms with van der Waals surface area (Å²) in [6.07, 6.45) is 0.578. The minimum Gasteiger partial charge on any atom is -0.480 e. The Morgan fingerprint density at radius 2 is 2.46 bits per heavy atom. The van der Waals surface area contributed by atoms with Crippen molar-refractivity contribution >= 4 is 5.97 Å². The van der Waals surface area contributed by atoms with Crippen LogP contribution < -0.4 is 10.6 Å². The molecule has 0 bridgehead atoms. The van der Waals surface area contributed by atoms with E-state index >= 15 is 0 Å². The van der Waals surface area contributed by atoms with E-state index in [9.17, 15) is 4.79 Å². The summed E-state index contributed by atoms with van der Waals surface area (Å²) in [5.74, 6) is -0.771. The third-order valence-corrected chi connectivity index (χ3v) is 2.56. The average molecular weight is 183 g/mol. The van der Waals surface area contributed by atoms with Gasteiger partial charge in [0.15, 0.2) is 0 Å². The number of carbonyl (C=O) groups is 1. The molecule has 0 saturated heterocycles. The molecule has 13 heavy (non-hydrogen) atoms. The highest BCUT2D eigenvalue weighted by molar-refractivity contribution is 5.74. The summed E-state index contributed by atoms with van der Waals surface area (Å²) in [4.78, 5) is 12.8. The molecule has 2 heterocycles. The lowest BCUT2D eigenvalue weighted by molar-refractivity contribution is -0.139. The van der Waals surface area contributed by atoms with Crippen molar-refractivity contribution in [1.29, 1.82) is 0 Å². The van der Waals surface area contributed by atoms with Crippen LogP contribution in [0.3, 0.4) is 0 Å². The van der Waals surface area contributed by atoms with Crippen LogP contribution >= 0.6 is 0 Å². The van der Waals surface area contributed by atoms with E-state index in [0.717, 1.165) is 18.1 Å². The first kappa shape index (κ1) is 8.37. The van der Waals surface area contributed by atoms with E-state index in [1.54, 1.807) is 0 Å². The minimum atomic E-state index is -0.771. The Labute approximate surface area is 76.4 Å². The second-order valence-corrected chi connectivity index (χ2v) is 3.43. The van der Waals surface area contributed by atoms with Crippen LogP contribution in [0, 0.1) is 0 Å². The van der Waals surface area contributed by atoms with Gasteiger partial charge in [0, 0.05) is 31.4 Å². The van der Waals surface area contributed by atoms with Gasteiger partial charge in [-0.25, -0.2) is 0 Å². The molecule has 3 N–H and O–H groups in total. The van der Waals surface area contributed by atoms with Crippen LogP contribution in [0.15, 0.2) is 11.4 Å². The van der Waals surface area contributed by atoms with Gasteiger partial charge in [-0.3, -0.25) is 10.1 Å². The smallest absolute Gasteiger partial charge is 0.321 e. The van der Waals surface area contributed by atoms with Gasteiger partial charge in [-0.05, 0) is 0 Å². The van der Waals surface area contributed by atoms with Gasteiger partial charge in [0.25, 0.3) is 0 Å². The fraction of sp³-hybridized carbons (Fsp3) is 0.625. The van der Waals surface area contributed by atoms with Crippen LogP contribution in [0.25, 0.3) is 0 Å². The molecule has 2 aliphatic heterocycles. The molecule has 0 aromatic rings. The summed E-state index contributed by atoms with van der Waals surface area (Å²) < 4.78 is 0. The highest BCUT2D eigenvalue weighted by atomic mass is 16.4. The number of hydrogen-bond acceptors (Lipinski definition) is 4. The molecule has 0 aliphatic carbocycles. The maximum atomic E-state index is 10.7. The zero-order chi connectivity index (χ0) is 9.42. The molecule has 0 amide bonds. The van der Waals surface area contributed by atoms with Crippen molar-refractivity contribution in [3.8, 4) is 0 Å². The third kappa shape index (κ3) is 1.35. The van der Waals surface area contributed by atoms with Crippen LogP contribution in [-0.4, -0.2) is 42.3 Å². The molecule has 72 valence electrons. The first-order valence-electron chi connectivity index (χ1n) is 4.31. The molecule has 0 spiro atoms. The molecule has 0 aromatic heterocycles. The summed E-state index contributed by atoms with van der Waals surface area (Å²) in [7, 11) is 1.97. The summed E-state index contributed by atoms with van der Waals surface area (Å²) in [6.45, 7) is 1.43. The van der Waals surface area contributed by atoms with Crippen LogP contribution in [0.4, 0.5) is 0 Å². The fourth-order valence-electron chi connectivity index (χ4n) is 1.75. The SMILES string of the molecule is CN1CNC2=C1C[C@H](C(=O)O)NC2. The van der Waals surface area contributed by atoms with Gasteiger partial charge in [-0.1, -0.05) is 0 Å². The topological polar surface area (TPSA) is 64.6 Å². The number of carboxylic acid groups (broad SMARTS) is 1. The maximum Gasteiger partial charge on any atom is 0.321 e. The largest absolute Gasteiger partial charge is 0.480 e. The summed E-state index contributed by atoms with van der Waals surface area (Å²) in [6, 6.07) is -0.430. The van der Waals surface area contributed by atoms with Gasteiger partial charge in [0.2, 0.25) is 0 Å². The number of carboxylic acids is 1. The molecule has 2 aliphatic rings. The zero-order valence-corrected chi connectivity index (χ0v) is 7.50. The Bertz CT molecular complexity index is 275. The van der Waals surface area contributed by atoms with E-state index < -0.39 is 12.0 Å². The van der Waals surface area contributed by atoms with E-state index in [4.69, 9.17) is 5.11 Å². The van der Waals surface area contributed by atoms with Crippen molar-refractivity contribution in [1.82, 2.24) is 15.5 Å². The van der Waals surface area contributed by atoms with Gasteiger partial charge in [-0.2, -0.15) is 0 Å². The van der Waals surface area contributed by atoms with Crippen LogP contribution in [0.2, 0.25) is 0 Å². The van der Waals surface area contributed by atoms with Gasteiger partial charge in [0.05, 0.1) is 6.67 Å². The predicted octanol–water partition coefficient (Wildman–Crippen LogP) is -0.863. The average Bonchev–Trinajstić information content (AvgIpc) is 2.47. The molecule has 0 fully saturated rings.